The summed E-state index contributed by atoms with van der Waals surface area (Å²) in [6.07, 6.45) is 1.97. The van der Waals surface area contributed by atoms with E-state index in [-0.39, 0.29) is 0 Å². The van der Waals surface area contributed by atoms with Gasteiger partial charge in [-0.2, -0.15) is 0 Å². The summed E-state index contributed by atoms with van der Waals surface area (Å²) in [6.45, 7) is 6.30. The van der Waals surface area contributed by atoms with Crippen molar-refractivity contribution in [3.63, 3.8) is 0 Å². The number of hydrogen-bond donors (Lipinski definition) is 2. The van der Waals surface area contributed by atoms with Gasteiger partial charge < -0.3 is 10.6 Å². The normalized spacial score (nSPS) is 15.0. The molecule has 0 radical (unpaired) electrons. The molecule has 0 amide bonds. The summed E-state index contributed by atoms with van der Waals surface area (Å²) in [5, 5.41) is 6.53. The largest absolute Gasteiger partial charge is 0.373 e. The maximum absolute atomic E-state index is 4.67. The molecular formula is C12H20N4. The highest BCUT2D eigenvalue weighted by Gasteiger charge is 2.16. The smallest absolute Gasteiger partial charge is 0.134 e. The maximum Gasteiger partial charge on any atom is 0.134 e. The van der Waals surface area contributed by atoms with Gasteiger partial charge in [-0.05, 0) is 5.92 Å². The Morgan fingerprint density at radius 1 is 1.38 bits per heavy atom. The number of rotatable bonds is 3. The molecule has 4 nitrogen and oxygen atoms in total. The molecule has 1 aliphatic rings. The van der Waals surface area contributed by atoms with E-state index in [1.165, 1.54) is 11.3 Å². The first-order valence-electron chi connectivity index (χ1n) is 5.98. The third kappa shape index (κ3) is 2.32. The highest BCUT2D eigenvalue weighted by Crippen LogP contribution is 2.20. The molecule has 0 aromatic carbocycles. The Morgan fingerprint density at radius 3 is 2.88 bits per heavy atom. The van der Waals surface area contributed by atoms with Gasteiger partial charge in [0.1, 0.15) is 11.6 Å². The van der Waals surface area contributed by atoms with Gasteiger partial charge in [0.05, 0.1) is 5.69 Å². The van der Waals surface area contributed by atoms with Crippen molar-refractivity contribution < 1.29 is 0 Å². The summed E-state index contributed by atoms with van der Waals surface area (Å²) in [6, 6.07) is 0. The van der Waals surface area contributed by atoms with Crippen molar-refractivity contribution in [1.82, 2.24) is 15.3 Å². The molecule has 88 valence electrons. The monoisotopic (exact) mass is 220 g/mol. The predicted octanol–water partition coefficient (Wildman–Crippen LogP) is 1.36. The van der Waals surface area contributed by atoms with Crippen LogP contribution >= 0.6 is 0 Å². The minimum atomic E-state index is 0.601. The minimum Gasteiger partial charge on any atom is -0.373 e. The van der Waals surface area contributed by atoms with E-state index in [1.54, 1.807) is 0 Å². The van der Waals surface area contributed by atoms with Crippen LogP contribution in [0, 0.1) is 5.92 Å². The molecule has 0 bridgehead atoms. The fourth-order valence-electron chi connectivity index (χ4n) is 2.06. The Labute approximate surface area is 96.9 Å². The van der Waals surface area contributed by atoms with Gasteiger partial charge in [-0.3, -0.25) is 0 Å². The number of fused-ring (bicyclic) bond motifs is 1. The minimum absolute atomic E-state index is 0.601. The van der Waals surface area contributed by atoms with Gasteiger partial charge >= 0.3 is 0 Å². The second kappa shape index (κ2) is 4.78. The molecule has 0 atom stereocenters. The molecule has 0 unspecified atom stereocenters. The van der Waals surface area contributed by atoms with Gasteiger partial charge in [-0.25, -0.2) is 9.97 Å². The Morgan fingerprint density at radius 2 is 2.19 bits per heavy atom. The lowest BCUT2D eigenvalue weighted by Gasteiger charge is -2.20. The topological polar surface area (TPSA) is 49.8 Å². The summed E-state index contributed by atoms with van der Waals surface area (Å²) in [5.74, 6) is 2.57. The fraction of sp³-hybridized carbons (Fsp3) is 0.667. The van der Waals surface area contributed by atoms with Crippen molar-refractivity contribution in [2.75, 3.05) is 18.9 Å². The number of hydrogen-bond acceptors (Lipinski definition) is 4. The molecule has 0 aliphatic carbocycles. The van der Waals surface area contributed by atoms with Crippen LogP contribution in [0.4, 0.5) is 5.82 Å². The average molecular weight is 220 g/mol. The van der Waals surface area contributed by atoms with E-state index in [0.29, 0.717) is 5.92 Å². The predicted molar refractivity (Wildman–Crippen MR) is 65.5 cm³/mol. The lowest BCUT2D eigenvalue weighted by Crippen LogP contribution is -2.27. The SMILES string of the molecule is CNc1nc(CC(C)C)nc2c1CNCC2. The molecule has 1 aliphatic heterocycles. The van der Waals surface area contributed by atoms with Crippen LogP contribution in [0.1, 0.15) is 30.9 Å². The average Bonchev–Trinajstić information content (AvgIpc) is 2.27. The molecule has 4 heteroatoms. The van der Waals surface area contributed by atoms with Crippen molar-refractivity contribution in [3.05, 3.63) is 17.1 Å². The van der Waals surface area contributed by atoms with E-state index in [0.717, 1.165) is 37.6 Å². The standard InChI is InChI=1S/C12H20N4/c1-8(2)6-11-15-10-4-5-14-7-9(10)12(13-3)16-11/h8,14H,4-7H2,1-3H3,(H,13,15,16). The Balaban J connectivity index is 2.35. The molecular weight excluding hydrogens is 200 g/mol. The van der Waals surface area contributed by atoms with E-state index >= 15 is 0 Å². The van der Waals surface area contributed by atoms with Crippen molar-refractivity contribution in [1.29, 1.82) is 0 Å². The molecule has 1 aromatic heterocycles. The second-order valence-electron chi connectivity index (χ2n) is 4.69. The molecule has 0 saturated carbocycles. The van der Waals surface area contributed by atoms with Gasteiger partial charge in [0.2, 0.25) is 0 Å². The van der Waals surface area contributed by atoms with Gasteiger partial charge in [0.15, 0.2) is 0 Å². The number of nitrogens with zero attached hydrogens (tertiary/aromatic N) is 2. The van der Waals surface area contributed by atoms with Crippen LogP contribution in [0.25, 0.3) is 0 Å². The molecule has 2 rings (SSSR count). The first-order valence-corrected chi connectivity index (χ1v) is 5.98. The zero-order valence-electron chi connectivity index (χ0n) is 10.3. The molecule has 1 aromatic rings. The van der Waals surface area contributed by atoms with Crippen LogP contribution in [0.3, 0.4) is 0 Å². The van der Waals surface area contributed by atoms with E-state index < -0.39 is 0 Å². The van der Waals surface area contributed by atoms with Crippen LogP contribution in [0.5, 0.6) is 0 Å². The van der Waals surface area contributed by atoms with Crippen LogP contribution in [0.15, 0.2) is 0 Å². The van der Waals surface area contributed by atoms with Crippen molar-refractivity contribution in [2.24, 2.45) is 5.92 Å². The van der Waals surface area contributed by atoms with E-state index in [4.69, 9.17) is 0 Å². The molecule has 2 heterocycles. The summed E-state index contributed by atoms with van der Waals surface area (Å²) in [4.78, 5) is 9.25. The number of anilines is 1. The third-order valence-corrected chi connectivity index (χ3v) is 2.81. The van der Waals surface area contributed by atoms with Crippen molar-refractivity contribution in [2.45, 2.75) is 33.2 Å². The molecule has 0 saturated heterocycles. The third-order valence-electron chi connectivity index (χ3n) is 2.81. The van der Waals surface area contributed by atoms with Gasteiger partial charge in [-0.15, -0.1) is 0 Å². The zero-order valence-corrected chi connectivity index (χ0v) is 10.3. The van der Waals surface area contributed by atoms with Crippen molar-refractivity contribution >= 4 is 5.82 Å². The number of nitrogens with one attached hydrogen (secondary N) is 2. The molecule has 0 spiro atoms. The summed E-state index contributed by atoms with van der Waals surface area (Å²) >= 11 is 0. The first-order chi connectivity index (χ1) is 7.70. The number of aromatic nitrogens is 2. The molecule has 2 N–H and O–H groups in total. The molecule has 0 fully saturated rings. The first kappa shape index (κ1) is 11.3. The molecule has 16 heavy (non-hydrogen) atoms. The summed E-state index contributed by atoms with van der Waals surface area (Å²) in [7, 11) is 1.93. The van der Waals surface area contributed by atoms with Crippen LogP contribution in [-0.2, 0) is 19.4 Å². The summed E-state index contributed by atoms with van der Waals surface area (Å²) in [5.41, 5.74) is 2.45. The lowest BCUT2D eigenvalue weighted by molar-refractivity contribution is 0.593. The van der Waals surface area contributed by atoms with Gasteiger partial charge in [-0.1, -0.05) is 13.8 Å². The quantitative estimate of drug-likeness (QED) is 0.807. The highest BCUT2D eigenvalue weighted by atomic mass is 15.0. The Kier molecular flexibility index (Phi) is 3.39. The van der Waals surface area contributed by atoms with Gasteiger partial charge in [0, 0.05) is 38.5 Å². The Bertz CT molecular complexity index is 356. The summed E-state index contributed by atoms with van der Waals surface area (Å²) < 4.78 is 0. The highest BCUT2D eigenvalue weighted by molar-refractivity contribution is 5.47. The van der Waals surface area contributed by atoms with E-state index in [9.17, 15) is 0 Å². The van der Waals surface area contributed by atoms with Crippen molar-refractivity contribution in [3.8, 4) is 0 Å². The Hall–Kier alpha value is -1.16. The lowest BCUT2D eigenvalue weighted by atomic mass is 10.1. The second-order valence-corrected chi connectivity index (χ2v) is 4.69. The van der Waals surface area contributed by atoms with E-state index in [2.05, 4.69) is 34.4 Å². The maximum atomic E-state index is 4.67. The van der Waals surface area contributed by atoms with Crippen LogP contribution in [-0.4, -0.2) is 23.6 Å². The fourth-order valence-corrected chi connectivity index (χ4v) is 2.06. The van der Waals surface area contributed by atoms with Gasteiger partial charge in [0.25, 0.3) is 0 Å². The van der Waals surface area contributed by atoms with E-state index in [1.807, 2.05) is 7.05 Å². The van der Waals surface area contributed by atoms with Crippen LogP contribution in [0.2, 0.25) is 0 Å². The van der Waals surface area contributed by atoms with Crippen LogP contribution < -0.4 is 10.6 Å². The zero-order chi connectivity index (χ0) is 11.5.